The Bertz CT molecular complexity index is 827. The molecule has 0 amide bonds. The normalized spacial score (nSPS) is 20.1. The maximum absolute atomic E-state index is 11.9. The van der Waals surface area contributed by atoms with Gasteiger partial charge in [0.1, 0.15) is 24.2 Å². The molecule has 1 fully saturated rings. The summed E-state index contributed by atoms with van der Waals surface area (Å²) >= 11 is 0. The Kier molecular flexibility index (Phi) is 6.24. The summed E-state index contributed by atoms with van der Waals surface area (Å²) in [7, 11) is -3.01. The number of furan rings is 1. The molecule has 2 aromatic rings. The first kappa shape index (κ1) is 19.9. The second-order valence-corrected chi connectivity index (χ2v) is 9.58. The molecule has 1 aromatic carbocycles. The van der Waals surface area contributed by atoms with Crippen LogP contribution < -0.4 is 4.74 Å². The van der Waals surface area contributed by atoms with Crippen LogP contribution in [0, 0.1) is 13.8 Å². The van der Waals surface area contributed by atoms with Crippen molar-refractivity contribution in [3.05, 3.63) is 53.5 Å². The summed E-state index contributed by atoms with van der Waals surface area (Å²) in [5.41, 5.74) is 2.21. The van der Waals surface area contributed by atoms with E-state index in [-0.39, 0.29) is 24.2 Å². The van der Waals surface area contributed by atoms with Gasteiger partial charge in [-0.1, -0.05) is 6.07 Å². The van der Waals surface area contributed by atoms with Gasteiger partial charge in [0.2, 0.25) is 0 Å². The fraction of sp³-hybridized carbons (Fsp3) is 0.500. The van der Waals surface area contributed by atoms with Crippen LogP contribution in [0.3, 0.4) is 0 Å². The average molecular weight is 394 g/mol. The van der Waals surface area contributed by atoms with Crippen molar-refractivity contribution in [3.8, 4) is 5.75 Å². The zero-order valence-corrected chi connectivity index (χ0v) is 16.6. The molecule has 1 aliphatic rings. The largest absolute Gasteiger partial charge is 0.491 e. The van der Waals surface area contributed by atoms with Crippen LogP contribution in [0.1, 0.15) is 23.3 Å². The van der Waals surface area contributed by atoms with E-state index < -0.39 is 15.9 Å². The molecule has 7 heteroatoms. The summed E-state index contributed by atoms with van der Waals surface area (Å²) < 4.78 is 34.9. The number of rotatable bonds is 8. The lowest BCUT2D eigenvalue weighted by molar-refractivity contribution is 0.0497. The molecule has 1 saturated heterocycles. The molecule has 2 atom stereocenters. The Labute approximate surface area is 160 Å². The molecule has 3 rings (SSSR count). The number of hydrogen-bond acceptors (Lipinski definition) is 6. The molecule has 0 radical (unpaired) electrons. The lowest BCUT2D eigenvalue weighted by atomic mass is 10.1. The molecule has 0 saturated carbocycles. The Morgan fingerprint density at radius 3 is 2.63 bits per heavy atom. The number of nitrogens with zero attached hydrogens (tertiary/aromatic N) is 1. The highest BCUT2D eigenvalue weighted by Gasteiger charge is 2.33. The predicted molar refractivity (Wildman–Crippen MR) is 104 cm³/mol. The van der Waals surface area contributed by atoms with Crippen molar-refractivity contribution < 1.29 is 22.7 Å². The second-order valence-electron chi connectivity index (χ2n) is 7.35. The van der Waals surface area contributed by atoms with Crippen LogP contribution in [-0.2, 0) is 16.4 Å². The van der Waals surface area contributed by atoms with Crippen LogP contribution in [0.25, 0.3) is 0 Å². The minimum atomic E-state index is -3.01. The first-order chi connectivity index (χ1) is 12.8. The van der Waals surface area contributed by atoms with Crippen LogP contribution in [-0.4, -0.2) is 55.2 Å². The number of sulfone groups is 1. The lowest BCUT2D eigenvalue weighted by Gasteiger charge is -2.29. The Hall–Kier alpha value is -1.83. The third-order valence-corrected chi connectivity index (χ3v) is 6.50. The van der Waals surface area contributed by atoms with Gasteiger partial charge >= 0.3 is 0 Å². The van der Waals surface area contributed by atoms with Crippen LogP contribution >= 0.6 is 0 Å². The van der Waals surface area contributed by atoms with Gasteiger partial charge in [0.15, 0.2) is 9.84 Å². The third-order valence-electron chi connectivity index (χ3n) is 4.75. The van der Waals surface area contributed by atoms with Gasteiger partial charge in [-0.05, 0) is 55.7 Å². The number of aryl methyl sites for hydroxylation is 2. The molecular weight excluding hydrogens is 366 g/mol. The Morgan fingerprint density at radius 2 is 2.04 bits per heavy atom. The van der Waals surface area contributed by atoms with Gasteiger partial charge in [-0.25, -0.2) is 8.42 Å². The first-order valence-corrected chi connectivity index (χ1v) is 11.0. The van der Waals surface area contributed by atoms with E-state index in [4.69, 9.17) is 9.15 Å². The summed E-state index contributed by atoms with van der Waals surface area (Å²) in [5, 5.41) is 10.5. The van der Waals surface area contributed by atoms with E-state index in [2.05, 4.69) is 6.07 Å². The number of aliphatic hydroxyl groups excluding tert-OH is 1. The van der Waals surface area contributed by atoms with Crippen molar-refractivity contribution in [2.75, 3.05) is 24.7 Å². The second kappa shape index (κ2) is 8.46. The van der Waals surface area contributed by atoms with Gasteiger partial charge in [-0.15, -0.1) is 0 Å². The summed E-state index contributed by atoms with van der Waals surface area (Å²) in [6.45, 7) is 4.94. The molecule has 0 bridgehead atoms. The van der Waals surface area contributed by atoms with E-state index >= 15 is 0 Å². The van der Waals surface area contributed by atoms with E-state index in [9.17, 15) is 13.5 Å². The molecule has 1 aromatic heterocycles. The van der Waals surface area contributed by atoms with E-state index in [1.807, 2.05) is 36.9 Å². The van der Waals surface area contributed by atoms with Gasteiger partial charge < -0.3 is 14.3 Å². The molecule has 1 N–H and O–H groups in total. The van der Waals surface area contributed by atoms with Crippen LogP contribution in [0.5, 0.6) is 5.75 Å². The van der Waals surface area contributed by atoms with Crippen LogP contribution in [0.15, 0.2) is 41.0 Å². The lowest BCUT2D eigenvalue weighted by Crippen LogP contribution is -2.42. The maximum atomic E-state index is 11.9. The minimum Gasteiger partial charge on any atom is -0.491 e. The van der Waals surface area contributed by atoms with Crippen molar-refractivity contribution in [2.24, 2.45) is 0 Å². The average Bonchev–Trinajstić information content (AvgIpc) is 3.20. The molecular formula is C20H27NO5S. The third kappa shape index (κ3) is 5.82. The summed E-state index contributed by atoms with van der Waals surface area (Å²) in [6, 6.07) is 9.48. The molecule has 2 heterocycles. The fourth-order valence-corrected chi connectivity index (χ4v) is 5.30. The van der Waals surface area contributed by atoms with Gasteiger partial charge in [-0.2, -0.15) is 0 Å². The van der Waals surface area contributed by atoms with E-state index in [1.165, 1.54) is 0 Å². The Balaban J connectivity index is 1.62. The van der Waals surface area contributed by atoms with Gasteiger partial charge in [0, 0.05) is 12.6 Å². The number of hydrogen-bond donors (Lipinski definition) is 1. The summed E-state index contributed by atoms with van der Waals surface area (Å²) in [4.78, 5) is 1.99. The predicted octanol–water partition coefficient (Wildman–Crippen LogP) is 2.33. The molecule has 6 nitrogen and oxygen atoms in total. The van der Waals surface area contributed by atoms with E-state index in [0.717, 1.165) is 22.6 Å². The molecule has 0 aliphatic carbocycles. The van der Waals surface area contributed by atoms with E-state index in [1.54, 1.807) is 12.3 Å². The minimum absolute atomic E-state index is 0.115. The fourth-order valence-electron chi connectivity index (χ4n) is 3.54. The molecule has 0 spiro atoms. The molecule has 148 valence electrons. The number of aliphatic hydroxyl groups is 1. The Morgan fingerprint density at radius 1 is 1.30 bits per heavy atom. The highest BCUT2D eigenvalue weighted by molar-refractivity contribution is 7.91. The zero-order chi connectivity index (χ0) is 19.4. The maximum Gasteiger partial charge on any atom is 0.151 e. The topological polar surface area (TPSA) is 80.0 Å². The molecule has 2 unspecified atom stereocenters. The van der Waals surface area contributed by atoms with Gasteiger partial charge in [0.05, 0.1) is 24.3 Å². The zero-order valence-electron chi connectivity index (χ0n) is 15.8. The molecule has 1 aliphatic heterocycles. The highest BCUT2D eigenvalue weighted by Crippen LogP contribution is 2.21. The van der Waals surface area contributed by atoms with Crippen LogP contribution in [0.4, 0.5) is 0 Å². The van der Waals surface area contributed by atoms with Crippen LogP contribution in [0.2, 0.25) is 0 Å². The summed E-state index contributed by atoms with van der Waals surface area (Å²) in [6.07, 6.45) is 1.44. The summed E-state index contributed by atoms with van der Waals surface area (Å²) in [5.74, 6) is 1.80. The van der Waals surface area contributed by atoms with Crippen molar-refractivity contribution in [1.29, 1.82) is 0 Å². The van der Waals surface area contributed by atoms with Crippen molar-refractivity contribution in [1.82, 2.24) is 4.90 Å². The smallest absolute Gasteiger partial charge is 0.151 e. The van der Waals surface area contributed by atoms with Crippen molar-refractivity contribution in [3.63, 3.8) is 0 Å². The number of ether oxygens (including phenoxy) is 1. The highest BCUT2D eigenvalue weighted by atomic mass is 32.2. The van der Waals surface area contributed by atoms with Crippen molar-refractivity contribution >= 4 is 9.84 Å². The number of benzene rings is 1. The monoisotopic (exact) mass is 393 g/mol. The van der Waals surface area contributed by atoms with Gasteiger partial charge in [0.25, 0.3) is 0 Å². The van der Waals surface area contributed by atoms with E-state index in [0.29, 0.717) is 19.5 Å². The van der Waals surface area contributed by atoms with Crippen molar-refractivity contribution in [2.45, 2.75) is 39.0 Å². The SMILES string of the molecule is Cc1cc(C)cc(OCC(O)CN(Cc2ccco2)C2CCS(=O)(=O)C2)c1. The quantitative estimate of drug-likeness (QED) is 0.741. The van der Waals surface area contributed by atoms with Gasteiger partial charge in [-0.3, -0.25) is 4.90 Å². The molecule has 27 heavy (non-hydrogen) atoms. The standard InChI is InChI=1S/C20H27NO5S/c1-15-8-16(2)10-20(9-15)26-13-18(22)11-21(12-19-4-3-6-25-19)17-5-7-27(23,24)14-17/h3-4,6,8-10,17-18,22H,5,7,11-14H2,1-2H3. The first-order valence-electron chi connectivity index (χ1n) is 9.17.